The average Bonchev–Trinajstić information content (AvgIpc) is 2.36. The molecule has 0 aliphatic carbocycles. The van der Waals surface area contributed by atoms with Gasteiger partial charge in [0, 0.05) is 31.7 Å². The molecular weight excluding hydrogens is 240 g/mol. The Morgan fingerprint density at radius 1 is 1.32 bits per heavy atom. The van der Waals surface area contributed by atoms with Gasteiger partial charge in [-0.2, -0.15) is 0 Å². The second-order valence-corrected chi connectivity index (χ2v) is 5.45. The van der Waals surface area contributed by atoms with Crippen molar-refractivity contribution in [3.8, 4) is 0 Å². The highest BCUT2D eigenvalue weighted by Crippen LogP contribution is 2.18. The second kappa shape index (κ2) is 6.17. The van der Waals surface area contributed by atoms with Gasteiger partial charge in [-0.25, -0.2) is 0 Å². The summed E-state index contributed by atoms with van der Waals surface area (Å²) in [6.45, 7) is 4.87. The first-order valence-electron chi connectivity index (χ1n) is 6.76. The molecule has 2 atom stereocenters. The normalized spacial score (nSPS) is 25.4. The molecule has 2 unspecified atom stereocenters. The van der Waals surface area contributed by atoms with Crippen LogP contribution in [-0.4, -0.2) is 53.1 Å². The smallest absolute Gasteiger partial charge is 0.304 e. The van der Waals surface area contributed by atoms with Gasteiger partial charge in [0.05, 0.1) is 6.42 Å². The highest BCUT2D eigenvalue weighted by Gasteiger charge is 2.30. The Bertz CT molecular complexity index is 421. The van der Waals surface area contributed by atoms with Gasteiger partial charge in [0.15, 0.2) is 0 Å². The van der Waals surface area contributed by atoms with E-state index in [9.17, 15) is 4.79 Å². The number of likely N-dealkylation sites (N-methyl/N-ethyl adjacent to an activating group) is 1. The number of carboxylic acid groups (broad SMARTS) is 1. The molecule has 1 aliphatic rings. The molecule has 0 radical (unpaired) electrons. The van der Waals surface area contributed by atoms with Gasteiger partial charge in [-0.15, -0.1) is 0 Å². The zero-order valence-electron chi connectivity index (χ0n) is 11.6. The Hall–Kier alpha value is -1.39. The first kappa shape index (κ1) is 14.0. The van der Waals surface area contributed by atoms with E-state index in [1.165, 1.54) is 5.56 Å². The van der Waals surface area contributed by atoms with Crippen LogP contribution in [0.1, 0.15) is 18.9 Å². The van der Waals surface area contributed by atoms with Crippen LogP contribution < -0.4 is 0 Å². The summed E-state index contributed by atoms with van der Waals surface area (Å²) in [4.78, 5) is 15.5. The maximum Gasteiger partial charge on any atom is 0.304 e. The van der Waals surface area contributed by atoms with Gasteiger partial charge in [-0.3, -0.25) is 14.6 Å². The molecule has 0 bridgehead atoms. The third-order valence-corrected chi connectivity index (χ3v) is 3.92. The summed E-state index contributed by atoms with van der Waals surface area (Å²) in [6, 6.07) is 10.8. The molecule has 1 aliphatic heterocycles. The largest absolute Gasteiger partial charge is 0.481 e. The molecule has 1 fully saturated rings. The van der Waals surface area contributed by atoms with E-state index >= 15 is 0 Å². The topological polar surface area (TPSA) is 43.8 Å². The number of aliphatic carboxylic acids is 1. The van der Waals surface area contributed by atoms with E-state index < -0.39 is 5.97 Å². The molecule has 1 N–H and O–H groups in total. The number of carboxylic acids is 1. The summed E-state index contributed by atoms with van der Waals surface area (Å²) >= 11 is 0. The maximum atomic E-state index is 10.9. The van der Waals surface area contributed by atoms with Gasteiger partial charge in [0.1, 0.15) is 0 Å². The molecule has 19 heavy (non-hydrogen) atoms. The van der Waals surface area contributed by atoms with Crippen molar-refractivity contribution in [2.45, 2.75) is 32.0 Å². The van der Waals surface area contributed by atoms with Gasteiger partial charge in [0.2, 0.25) is 0 Å². The summed E-state index contributed by atoms with van der Waals surface area (Å²) in [6.07, 6.45) is 0.214. The standard InChI is InChI=1S/C15H22N2O2/c1-12-9-17(10-13-6-4-3-5-7-13)11-14(16(12)2)8-15(18)19/h3-7,12,14H,8-11H2,1-2H3,(H,18,19). The second-order valence-electron chi connectivity index (χ2n) is 5.45. The van der Waals surface area contributed by atoms with Gasteiger partial charge in [-0.05, 0) is 19.5 Å². The molecule has 1 heterocycles. The Morgan fingerprint density at radius 2 is 2.00 bits per heavy atom. The van der Waals surface area contributed by atoms with Gasteiger partial charge < -0.3 is 5.11 Å². The summed E-state index contributed by atoms with van der Waals surface area (Å²) in [5, 5.41) is 9.00. The number of piperazine rings is 1. The summed E-state index contributed by atoms with van der Waals surface area (Å²) < 4.78 is 0. The van der Waals surface area contributed by atoms with Crippen LogP contribution in [0.25, 0.3) is 0 Å². The van der Waals surface area contributed by atoms with Crippen LogP contribution in [0, 0.1) is 0 Å². The Balaban J connectivity index is 2.00. The Morgan fingerprint density at radius 3 is 2.63 bits per heavy atom. The van der Waals surface area contributed by atoms with Crippen molar-refractivity contribution in [1.82, 2.24) is 9.80 Å². The first-order valence-corrected chi connectivity index (χ1v) is 6.76. The highest BCUT2D eigenvalue weighted by atomic mass is 16.4. The summed E-state index contributed by atoms with van der Waals surface area (Å²) in [7, 11) is 2.03. The predicted octanol–water partition coefficient (Wildman–Crippen LogP) is 1.67. The SMILES string of the molecule is CC1CN(Cc2ccccc2)CC(CC(=O)O)N1C. The monoisotopic (exact) mass is 262 g/mol. The zero-order valence-corrected chi connectivity index (χ0v) is 11.6. The van der Waals surface area contributed by atoms with E-state index in [1.807, 2.05) is 25.2 Å². The van der Waals surface area contributed by atoms with Crippen molar-refractivity contribution >= 4 is 5.97 Å². The third kappa shape index (κ3) is 3.78. The van der Waals surface area contributed by atoms with Crippen molar-refractivity contribution in [1.29, 1.82) is 0 Å². The van der Waals surface area contributed by atoms with Crippen LogP contribution in [-0.2, 0) is 11.3 Å². The van der Waals surface area contributed by atoms with Crippen LogP contribution in [0.4, 0.5) is 0 Å². The fraction of sp³-hybridized carbons (Fsp3) is 0.533. The van der Waals surface area contributed by atoms with Crippen LogP contribution in [0.2, 0.25) is 0 Å². The highest BCUT2D eigenvalue weighted by molar-refractivity contribution is 5.67. The minimum Gasteiger partial charge on any atom is -0.481 e. The fourth-order valence-corrected chi connectivity index (χ4v) is 2.74. The van der Waals surface area contributed by atoms with Crippen molar-refractivity contribution in [3.05, 3.63) is 35.9 Å². The fourth-order valence-electron chi connectivity index (χ4n) is 2.74. The van der Waals surface area contributed by atoms with E-state index in [1.54, 1.807) is 0 Å². The Kier molecular flexibility index (Phi) is 4.56. The molecule has 0 amide bonds. The molecule has 1 saturated heterocycles. The van der Waals surface area contributed by atoms with Crippen LogP contribution in [0.3, 0.4) is 0 Å². The van der Waals surface area contributed by atoms with Crippen molar-refractivity contribution < 1.29 is 9.90 Å². The lowest BCUT2D eigenvalue weighted by Crippen LogP contribution is -2.56. The molecule has 1 aromatic carbocycles. The third-order valence-electron chi connectivity index (χ3n) is 3.92. The number of nitrogens with zero attached hydrogens (tertiary/aromatic N) is 2. The van der Waals surface area contributed by atoms with Gasteiger partial charge >= 0.3 is 5.97 Å². The quantitative estimate of drug-likeness (QED) is 0.896. The van der Waals surface area contributed by atoms with Gasteiger partial charge in [0.25, 0.3) is 0 Å². The zero-order chi connectivity index (χ0) is 13.8. The van der Waals surface area contributed by atoms with Crippen LogP contribution in [0.5, 0.6) is 0 Å². The molecule has 0 spiro atoms. The minimum atomic E-state index is -0.717. The van der Waals surface area contributed by atoms with Crippen molar-refractivity contribution in [2.24, 2.45) is 0 Å². The van der Waals surface area contributed by atoms with Crippen LogP contribution in [0.15, 0.2) is 30.3 Å². The molecular formula is C15H22N2O2. The van der Waals surface area contributed by atoms with Crippen LogP contribution >= 0.6 is 0 Å². The molecule has 2 rings (SSSR count). The van der Waals surface area contributed by atoms with E-state index in [-0.39, 0.29) is 12.5 Å². The maximum absolute atomic E-state index is 10.9. The number of hydrogen-bond donors (Lipinski definition) is 1. The summed E-state index contributed by atoms with van der Waals surface area (Å²) in [5.74, 6) is -0.717. The lowest BCUT2D eigenvalue weighted by atomic mass is 10.0. The molecule has 1 aromatic rings. The molecule has 4 nitrogen and oxygen atoms in total. The van der Waals surface area contributed by atoms with E-state index in [2.05, 4.69) is 28.9 Å². The van der Waals surface area contributed by atoms with E-state index in [4.69, 9.17) is 5.11 Å². The van der Waals surface area contributed by atoms with E-state index in [0.717, 1.165) is 19.6 Å². The molecule has 0 aromatic heterocycles. The van der Waals surface area contributed by atoms with E-state index in [0.29, 0.717) is 6.04 Å². The first-order chi connectivity index (χ1) is 9.06. The lowest BCUT2D eigenvalue weighted by molar-refractivity contribution is -0.139. The van der Waals surface area contributed by atoms with Gasteiger partial charge in [-0.1, -0.05) is 30.3 Å². The number of benzene rings is 1. The molecule has 104 valence electrons. The number of carbonyl (C=O) groups is 1. The lowest BCUT2D eigenvalue weighted by Gasteiger charge is -2.43. The van der Waals surface area contributed by atoms with Crippen molar-refractivity contribution in [3.63, 3.8) is 0 Å². The number of hydrogen-bond acceptors (Lipinski definition) is 3. The minimum absolute atomic E-state index is 0.102. The van der Waals surface area contributed by atoms with Crippen molar-refractivity contribution in [2.75, 3.05) is 20.1 Å². The predicted molar refractivity (Wildman–Crippen MR) is 75.0 cm³/mol. The summed E-state index contributed by atoms with van der Waals surface area (Å²) in [5.41, 5.74) is 1.29. The Labute approximate surface area is 114 Å². The molecule has 4 heteroatoms. The number of rotatable bonds is 4. The molecule has 0 saturated carbocycles. The average molecular weight is 262 g/mol.